The average Bonchev–Trinajstić information content (AvgIpc) is 3.48. The van der Waals surface area contributed by atoms with Crippen molar-refractivity contribution in [1.29, 1.82) is 5.26 Å². The maximum absolute atomic E-state index is 12.7. The molecule has 33 heavy (non-hydrogen) atoms. The third-order valence-corrected chi connectivity index (χ3v) is 5.95. The first-order valence-corrected chi connectivity index (χ1v) is 11.2. The van der Waals surface area contributed by atoms with Gasteiger partial charge in [-0.15, -0.1) is 0 Å². The summed E-state index contributed by atoms with van der Waals surface area (Å²) in [6, 6.07) is 4.31. The van der Waals surface area contributed by atoms with Crippen LogP contribution in [-0.4, -0.2) is 45.9 Å². The van der Waals surface area contributed by atoms with Gasteiger partial charge < -0.3 is 19.9 Å². The van der Waals surface area contributed by atoms with Gasteiger partial charge in [-0.25, -0.2) is 0 Å². The highest BCUT2D eigenvalue weighted by atomic mass is 16.5. The van der Waals surface area contributed by atoms with Crippen molar-refractivity contribution in [3.05, 3.63) is 41.0 Å². The standard InChI is InChI=1S/C24H32N6O3/c1-16-9-19(18(3)30(16)17(2)15-33-4)10-20(11-25)24(32)28-22-12-26-29(13-22)14-23(31)27-21-7-5-6-8-21/h9-10,12-13,17,21H,5-8,14-15H2,1-4H3,(H,27,31)(H,28,32)/b20-10-. The van der Waals surface area contributed by atoms with Crippen LogP contribution in [0.15, 0.2) is 24.0 Å². The van der Waals surface area contributed by atoms with E-state index in [1.807, 2.05) is 26.0 Å². The number of nitrogens with zero attached hydrogens (tertiary/aromatic N) is 4. The van der Waals surface area contributed by atoms with Gasteiger partial charge in [0.05, 0.1) is 24.5 Å². The Morgan fingerprint density at radius 1 is 1.36 bits per heavy atom. The van der Waals surface area contributed by atoms with Crippen molar-refractivity contribution in [2.24, 2.45) is 0 Å². The molecule has 3 rings (SSSR count). The number of carbonyl (C=O) groups is 2. The van der Waals surface area contributed by atoms with Crippen LogP contribution in [0.2, 0.25) is 0 Å². The molecule has 0 bridgehead atoms. The summed E-state index contributed by atoms with van der Waals surface area (Å²) < 4.78 is 8.86. The molecule has 2 aromatic heterocycles. The fourth-order valence-electron chi connectivity index (χ4n) is 4.45. The minimum Gasteiger partial charge on any atom is -0.383 e. The molecule has 0 aromatic carbocycles. The zero-order valence-electron chi connectivity index (χ0n) is 19.7. The predicted molar refractivity (Wildman–Crippen MR) is 125 cm³/mol. The Labute approximate surface area is 194 Å². The lowest BCUT2D eigenvalue weighted by Gasteiger charge is -2.17. The first kappa shape index (κ1) is 24.3. The molecule has 2 heterocycles. The summed E-state index contributed by atoms with van der Waals surface area (Å²) in [7, 11) is 1.66. The smallest absolute Gasteiger partial charge is 0.266 e. The molecule has 1 fully saturated rings. The van der Waals surface area contributed by atoms with Gasteiger partial charge in [0.2, 0.25) is 5.91 Å². The number of ether oxygens (including phenoxy) is 1. The number of aryl methyl sites for hydroxylation is 1. The molecule has 0 aliphatic heterocycles. The van der Waals surface area contributed by atoms with E-state index in [1.54, 1.807) is 19.4 Å². The summed E-state index contributed by atoms with van der Waals surface area (Å²) in [5, 5.41) is 19.4. The Bertz CT molecular complexity index is 1070. The van der Waals surface area contributed by atoms with E-state index >= 15 is 0 Å². The quantitative estimate of drug-likeness (QED) is 0.448. The van der Waals surface area contributed by atoms with Crippen LogP contribution in [-0.2, 0) is 20.9 Å². The number of carbonyl (C=O) groups excluding carboxylic acids is 2. The molecule has 9 heteroatoms. The molecule has 9 nitrogen and oxygen atoms in total. The fourth-order valence-corrected chi connectivity index (χ4v) is 4.45. The van der Waals surface area contributed by atoms with Crippen molar-refractivity contribution >= 4 is 23.6 Å². The van der Waals surface area contributed by atoms with Gasteiger partial charge in [0.25, 0.3) is 5.91 Å². The van der Waals surface area contributed by atoms with Crippen LogP contribution in [0.5, 0.6) is 0 Å². The molecule has 0 saturated heterocycles. The van der Waals surface area contributed by atoms with Gasteiger partial charge in [0, 0.05) is 30.7 Å². The second kappa shape index (κ2) is 11.0. The Morgan fingerprint density at radius 2 is 2.09 bits per heavy atom. The Balaban J connectivity index is 1.66. The summed E-state index contributed by atoms with van der Waals surface area (Å²) in [5.41, 5.74) is 3.20. The first-order valence-electron chi connectivity index (χ1n) is 11.2. The number of nitriles is 1. The number of anilines is 1. The van der Waals surface area contributed by atoms with E-state index in [0.717, 1.165) is 42.6 Å². The number of aromatic nitrogens is 3. The average molecular weight is 453 g/mol. The number of methoxy groups -OCH3 is 1. The molecule has 1 aliphatic rings. The molecule has 176 valence electrons. The van der Waals surface area contributed by atoms with Crippen LogP contribution in [0.25, 0.3) is 6.08 Å². The van der Waals surface area contributed by atoms with Crippen LogP contribution < -0.4 is 10.6 Å². The molecule has 0 radical (unpaired) electrons. The van der Waals surface area contributed by atoms with Gasteiger partial charge >= 0.3 is 0 Å². The van der Waals surface area contributed by atoms with Gasteiger partial charge in [0.15, 0.2) is 0 Å². The highest BCUT2D eigenvalue weighted by molar-refractivity contribution is 6.09. The van der Waals surface area contributed by atoms with E-state index in [0.29, 0.717) is 12.3 Å². The van der Waals surface area contributed by atoms with Crippen LogP contribution in [0.1, 0.15) is 55.6 Å². The van der Waals surface area contributed by atoms with Crippen molar-refractivity contribution in [2.45, 2.75) is 65.1 Å². The predicted octanol–water partition coefficient (Wildman–Crippen LogP) is 3.11. The zero-order chi connectivity index (χ0) is 24.0. The van der Waals surface area contributed by atoms with E-state index < -0.39 is 5.91 Å². The van der Waals surface area contributed by atoms with Crippen LogP contribution in [0.4, 0.5) is 5.69 Å². The molecule has 2 amide bonds. The van der Waals surface area contributed by atoms with Gasteiger partial charge in [-0.1, -0.05) is 12.8 Å². The lowest BCUT2D eigenvalue weighted by molar-refractivity contribution is -0.122. The van der Waals surface area contributed by atoms with Crippen molar-refractivity contribution < 1.29 is 14.3 Å². The number of rotatable bonds is 9. The Hall–Kier alpha value is -3.38. The van der Waals surface area contributed by atoms with Crippen LogP contribution >= 0.6 is 0 Å². The highest BCUT2D eigenvalue weighted by Crippen LogP contribution is 2.23. The lowest BCUT2D eigenvalue weighted by atomic mass is 10.1. The Kier molecular flexibility index (Phi) is 8.06. The van der Waals surface area contributed by atoms with Crippen molar-refractivity contribution in [3.8, 4) is 6.07 Å². The van der Waals surface area contributed by atoms with E-state index in [4.69, 9.17) is 4.74 Å². The SMILES string of the molecule is COCC(C)n1c(C)cc(/C=C(/C#N)C(=O)Nc2cnn(CC(=O)NC3CCCC3)c2)c1C. The summed E-state index contributed by atoms with van der Waals surface area (Å²) in [6.45, 7) is 6.64. The number of amides is 2. The molecule has 1 saturated carbocycles. The largest absolute Gasteiger partial charge is 0.383 e. The number of hydrogen-bond donors (Lipinski definition) is 2. The number of nitrogens with one attached hydrogen (secondary N) is 2. The second-order valence-corrected chi connectivity index (χ2v) is 8.60. The van der Waals surface area contributed by atoms with Gasteiger partial charge in [-0.3, -0.25) is 14.3 Å². The van der Waals surface area contributed by atoms with Crippen molar-refractivity contribution in [3.63, 3.8) is 0 Å². The zero-order valence-corrected chi connectivity index (χ0v) is 19.7. The van der Waals surface area contributed by atoms with Crippen LogP contribution in [0, 0.1) is 25.2 Å². The summed E-state index contributed by atoms with van der Waals surface area (Å²) in [4.78, 5) is 24.9. The van der Waals surface area contributed by atoms with Gasteiger partial charge in [0.1, 0.15) is 18.2 Å². The maximum Gasteiger partial charge on any atom is 0.266 e. The Morgan fingerprint density at radius 3 is 2.76 bits per heavy atom. The van der Waals surface area contributed by atoms with Crippen molar-refractivity contribution in [2.75, 3.05) is 19.0 Å². The highest BCUT2D eigenvalue weighted by Gasteiger charge is 2.18. The molecule has 1 atom stereocenters. The summed E-state index contributed by atoms with van der Waals surface area (Å²) in [6.07, 6.45) is 8.97. The van der Waals surface area contributed by atoms with Gasteiger partial charge in [-0.05, 0) is 51.3 Å². The minimum atomic E-state index is -0.526. The molecular formula is C24H32N6O3. The third kappa shape index (κ3) is 6.11. The van der Waals surface area contributed by atoms with Gasteiger partial charge in [-0.2, -0.15) is 10.4 Å². The third-order valence-electron chi connectivity index (χ3n) is 5.95. The monoisotopic (exact) mass is 452 g/mol. The molecule has 2 N–H and O–H groups in total. The normalized spacial score (nSPS) is 15.3. The van der Waals surface area contributed by atoms with Crippen molar-refractivity contribution in [1.82, 2.24) is 19.7 Å². The molecule has 1 aliphatic carbocycles. The first-order chi connectivity index (χ1) is 15.8. The minimum absolute atomic E-state index is 0.0126. The lowest BCUT2D eigenvalue weighted by Crippen LogP contribution is -2.35. The van der Waals surface area contributed by atoms with Crippen LogP contribution in [0.3, 0.4) is 0 Å². The summed E-state index contributed by atoms with van der Waals surface area (Å²) in [5.74, 6) is -0.624. The van der Waals surface area contributed by atoms with E-state index in [2.05, 4.69) is 27.2 Å². The van der Waals surface area contributed by atoms with E-state index in [1.165, 1.54) is 10.9 Å². The maximum atomic E-state index is 12.7. The summed E-state index contributed by atoms with van der Waals surface area (Å²) >= 11 is 0. The molecule has 1 unspecified atom stereocenters. The number of hydrogen-bond acceptors (Lipinski definition) is 5. The van der Waals surface area contributed by atoms with E-state index in [9.17, 15) is 14.9 Å². The second-order valence-electron chi connectivity index (χ2n) is 8.60. The fraction of sp³-hybridized carbons (Fsp3) is 0.500. The molecular weight excluding hydrogens is 420 g/mol. The molecule has 2 aromatic rings. The molecule has 0 spiro atoms. The van der Waals surface area contributed by atoms with E-state index in [-0.39, 0.29) is 30.1 Å². The topological polar surface area (TPSA) is 114 Å².